The van der Waals surface area contributed by atoms with E-state index in [9.17, 15) is 10.1 Å². The van der Waals surface area contributed by atoms with Gasteiger partial charge in [-0.05, 0) is 35.2 Å². The van der Waals surface area contributed by atoms with E-state index in [4.69, 9.17) is 26.8 Å². The summed E-state index contributed by atoms with van der Waals surface area (Å²) in [6, 6.07) is 18.2. The molecule has 1 atom stereocenters. The molecule has 0 spiro atoms. The SMILES string of the molecule is N#CC1=C(N)Oc2cc(OC(=O)Cc3ccc(Cl)cc3)ccc2C1c1cccs1. The fourth-order valence-electron chi connectivity index (χ4n) is 3.18. The zero-order valence-corrected chi connectivity index (χ0v) is 16.7. The lowest BCUT2D eigenvalue weighted by atomic mass is 9.88. The van der Waals surface area contributed by atoms with Gasteiger partial charge in [0.15, 0.2) is 0 Å². The van der Waals surface area contributed by atoms with Crippen LogP contribution in [-0.2, 0) is 11.2 Å². The summed E-state index contributed by atoms with van der Waals surface area (Å²) in [4.78, 5) is 13.3. The Hall–Kier alpha value is -3.27. The summed E-state index contributed by atoms with van der Waals surface area (Å²) in [5.74, 6) is 0.169. The van der Waals surface area contributed by atoms with Gasteiger partial charge in [0.1, 0.15) is 23.1 Å². The molecule has 144 valence electrons. The van der Waals surface area contributed by atoms with Crippen molar-refractivity contribution in [1.29, 1.82) is 5.26 Å². The topological polar surface area (TPSA) is 85.3 Å². The van der Waals surface area contributed by atoms with Gasteiger partial charge in [-0.3, -0.25) is 4.79 Å². The molecule has 0 amide bonds. The number of nitrogens with two attached hydrogens (primary N) is 1. The minimum atomic E-state index is -0.404. The Balaban J connectivity index is 1.58. The van der Waals surface area contributed by atoms with Crippen LogP contribution in [0.5, 0.6) is 11.5 Å². The Morgan fingerprint density at radius 2 is 2.03 bits per heavy atom. The molecule has 3 aromatic rings. The zero-order chi connectivity index (χ0) is 20.4. The number of thiophene rings is 1. The van der Waals surface area contributed by atoms with Gasteiger partial charge in [0.05, 0.1) is 12.3 Å². The van der Waals surface area contributed by atoms with Gasteiger partial charge in [-0.2, -0.15) is 5.26 Å². The number of allylic oxidation sites excluding steroid dienone is 1. The van der Waals surface area contributed by atoms with Gasteiger partial charge in [-0.15, -0.1) is 11.3 Å². The third-order valence-corrected chi connectivity index (χ3v) is 5.70. The Morgan fingerprint density at radius 1 is 1.24 bits per heavy atom. The van der Waals surface area contributed by atoms with Crippen LogP contribution in [0.3, 0.4) is 0 Å². The third-order valence-electron chi connectivity index (χ3n) is 4.51. The van der Waals surface area contributed by atoms with Crippen molar-refractivity contribution in [2.75, 3.05) is 0 Å². The van der Waals surface area contributed by atoms with E-state index in [-0.39, 0.29) is 18.2 Å². The molecule has 5 nitrogen and oxygen atoms in total. The molecule has 0 saturated heterocycles. The van der Waals surface area contributed by atoms with E-state index >= 15 is 0 Å². The molecule has 29 heavy (non-hydrogen) atoms. The highest BCUT2D eigenvalue weighted by Gasteiger charge is 2.31. The van der Waals surface area contributed by atoms with Crippen LogP contribution in [0.2, 0.25) is 5.02 Å². The molecule has 7 heteroatoms. The van der Waals surface area contributed by atoms with Gasteiger partial charge < -0.3 is 15.2 Å². The maximum absolute atomic E-state index is 12.3. The predicted molar refractivity (Wildman–Crippen MR) is 111 cm³/mol. The second-order valence-corrected chi connectivity index (χ2v) is 7.83. The highest BCUT2D eigenvalue weighted by molar-refractivity contribution is 7.10. The number of hydrogen-bond acceptors (Lipinski definition) is 6. The van der Waals surface area contributed by atoms with Crippen molar-refractivity contribution in [2.45, 2.75) is 12.3 Å². The summed E-state index contributed by atoms with van der Waals surface area (Å²) in [6.45, 7) is 0. The smallest absolute Gasteiger partial charge is 0.315 e. The molecule has 0 aliphatic carbocycles. The van der Waals surface area contributed by atoms with E-state index in [1.165, 1.54) is 0 Å². The van der Waals surface area contributed by atoms with Crippen molar-refractivity contribution in [3.05, 3.63) is 92.5 Å². The fraction of sp³-hybridized carbons (Fsp3) is 0.0909. The van der Waals surface area contributed by atoms with Crippen LogP contribution in [-0.4, -0.2) is 5.97 Å². The molecule has 1 aliphatic rings. The van der Waals surface area contributed by atoms with Crippen LogP contribution >= 0.6 is 22.9 Å². The van der Waals surface area contributed by atoms with Crippen molar-refractivity contribution < 1.29 is 14.3 Å². The summed E-state index contributed by atoms with van der Waals surface area (Å²) in [5.41, 5.74) is 7.96. The van der Waals surface area contributed by atoms with E-state index in [1.807, 2.05) is 17.5 Å². The van der Waals surface area contributed by atoms with Gasteiger partial charge in [-0.25, -0.2) is 0 Å². The molecule has 2 aromatic carbocycles. The van der Waals surface area contributed by atoms with Gasteiger partial charge in [-0.1, -0.05) is 35.9 Å². The van der Waals surface area contributed by atoms with E-state index < -0.39 is 5.97 Å². The first-order chi connectivity index (χ1) is 14.0. The van der Waals surface area contributed by atoms with Crippen LogP contribution in [0.4, 0.5) is 0 Å². The number of fused-ring (bicyclic) bond motifs is 1. The number of nitrogens with zero attached hydrogens (tertiary/aromatic N) is 1. The van der Waals surface area contributed by atoms with E-state index in [1.54, 1.807) is 53.8 Å². The Kier molecular flexibility index (Phi) is 5.26. The first-order valence-electron chi connectivity index (χ1n) is 8.75. The number of ether oxygens (including phenoxy) is 2. The number of carbonyl (C=O) groups is 1. The van der Waals surface area contributed by atoms with Gasteiger partial charge in [0, 0.05) is 21.5 Å². The number of hydrogen-bond donors (Lipinski definition) is 1. The average molecular weight is 423 g/mol. The quantitative estimate of drug-likeness (QED) is 0.483. The second-order valence-electron chi connectivity index (χ2n) is 6.42. The normalized spacial score (nSPS) is 15.2. The fourth-order valence-corrected chi connectivity index (χ4v) is 4.16. The van der Waals surface area contributed by atoms with E-state index in [2.05, 4.69) is 6.07 Å². The molecule has 1 aliphatic heterocycles. The number of rotatable bonds is 4. The lowest BCUT2D eigenvalue weighted by molar-refractivity contribution is -0.133. The molecular formula is C22H15ClN2O3S. The number of halogens is 1. The predicted octanol–water partition coefficient (Wildman–Crippen LogP) is 4.77. The average Bonchev–Trinajstić information content (AvgIpc) is 3.23. The highest BCUT2D eigenvalue weighted by Crippen LogP contribution is 2.44. The first kappa shape index (κ1) is 19.1. The van der Waals surface area contributed by atoms with Crippen LogP contribution in [0.25, 0.3) is 0 Å². The highest BCUT2D eigenvalue weighted by atomic mass is 35.5. The second kappa shape index (κ2) is 8.00. The maximum Gasteiger partial charge on any atom is 0.315 e. The maximum atomic E-state index is 12.3. The van der Waals surface area contributed by atoms with Gasteiger partial charge in [0.25, 0.3) is 0 Å². The number of carbonyl (C=O) groups excluding carboxylic acids is 1. The molecule has 0 fully saturated rings. The zero-order valence-electron chi connectivity index (χ0n) is 15.1. The molecule has 0 bridgehead atoms. The lowest BCUT2D eigenvalue weighted by Gasteiger charge is -2.25. The molecule has 1 aromatic heterocycles. The summed E-state index contributed by atoms with van der Waals surface area (Å²) in [5, 5.41) is 12.1. The monoisotopic (exact) mass is 422 g/mol. The first-order valence-corrected chi connectivity index (χ1v) is 10.0. The summed E-state index contributed by atoms with van der Waals surface area (Å²) in [7, 11) is 0. The Morgan fingerprint density at radius 3 is 2.72 bits per heavy atom. The van der Waals surface area contributed by atoms with Crippen LogP contribution in [0, 0.1) is 11.3 Å². The molecule has 0 radical (unpaired) electrons. The van der Waals surface area contributed by atoms with Crippen molar-refractivity contribution in [1.82, 2.24) is 0 Å². The minimum absolute atomic E-state index is 0.0584. The van der Waals surface area contributed by atoms with Crippen LogP contribution in [0.1, 0.15) is 21.9 Å². The summed E-state index contributed by atoms with van der Waals surface area (Å²) in [6.07, 6.45) is 0.119. The number of nitriles is 1. The molecule has 2 heterocycles. The molecular weight excluding hydrogens is 408 g/mol. The largest absolute Gasteiger partial charge is 0.440 e. The standard InChI is InChI=1S/C22H15ClN2O3S/c23-14-5-3-13(4-6-14)10-20(26)27-15-7-8-16-18(11-15)28-22(25)17(12-24)21(16)19-2-1-9-29-19/h1-9,11,21H,10,25H2. The molecule has 4 rings (SSSR count). The van der Waals surface area contributed by atoms with Crippen molar-refractivity contribution in [3.8, 4) is 17.6 Å². The Labute approximate surface area is 176 Å². The van der Waals surface area contributed by atoms with Gasteiger partial charge >= 0.3 is 5.97 Å². The van der Waals surface area contributed by atoms with Crippen molar-refractivity contribution in [2.24, 2.45) is 5.73 Å². The van der Waals surface area contributed by atoms with E-state index in [0.717, 1.165) is 16.0 Å². The van der Waals surface area contributed by atoms with Crippen molar-refractivity contribution in [3.63, 3.8) is 0 Å². The van der Waals surface area contributed by atoms with Crippen LogP contribution in [0.15, 0.2) is 71.4 Å². The van der Waals surface area contributed by atoms with Gasteiger partial charge in [0.2, 0.25) is 5.88 Å². The Bertz CT molecular complexity index is 1130. The van der Waals surface area contributed by atoms with Crippen molar-refractivity contribution >= 4 is 28.9 Å². The molecule has 1 unspecified atom stereocenters. The summed E-state index contributed by atoms with van der Waals surface area (Å²) >= 11 is 7.40. The van der Waals surface area contributed by atoms with E-state index in [0.29, 0.717) is 22.1 Å². The molecule has 2 N–H and O–H groups in total. The summed E-state index contributed by atoms with van der Waals surface area (Å²) < 4.78 is 11.1. The number of benzene rings is 2. The number of esters is 1. The lowest BCUT2D eigenvalue weighted by Crippen LogP contribution is -2.20. The molecule has 0 saturated carbocycles. The minimum Gasteiger partial charge on any atom is -0.440 e. The third kappa shape index (κ3) is 3.97. The van der Waals surface area contributed by atoms with Crippen LogP contribution < -0.4 is 15.2 Å².